The van der Waals surface area contributed by atoms with E-state index in [0.717, 1.165) is 14.7 Å². The first-order chi connectivity index (χ1) is 10.2. The molecule has 3 aromatic rings. The van der Waals surface area contributed by atoms with Gasteiger partial charge in [-0.1, -0.05) is 23.1 Å². The molecule has 0 saturated heterocycles. The number of rotatable bonds is 4. The second kappa shape index (κ2) is 5.58. The number of thiazole rings is 1. The van der Waals surface area contributed by atoms with Gasteiger partial charge in [-0.2, -0.15) is 0 Å². The number of nitro benzene ring substituents is 1. The molecular weight excluding hydrogens is 310 g/mol. The number of pyridine rings is 1. The molecule has 2 aromatic heterocycles. The molecule has 0 N–H and O–H groups in total. The van der Waals surface area contributed by atoms with Gasteiger partial charge in [-0.3, -0.25) is 14.9 Å². The average molecular weight is 317 g/mol. The topological polar surface area (TPSA) is 86.0 Å². The Bertz CT molecular complexity index is 815. The van der Waals surface area contributed by atoms with Gasteiger partial charge in [-0.15, -0.1) is 0 Å². The van der Waals surface area contributed by atoms with Gasteiger partial charge in [0.05, 0.1) is 4.92 Å². The molecule has 21 heavy (non-hydrogen) atoms. The Morgan fingerprint density at radius 3 is 2.90 bits per heavy atom. The van der Waals surface area contributed by atoms with Crippen LogP contribution < -0.4 is 0 Å². The number of nitrogens with zero attached hydrogens (tertiary/aromatic N) is 3. The fourth-order valence-electron chi connectivity index (χ4n) is 1.72. The van der Waals surface area contributed by atoms with Gasteiger partial charge in [0.25, 0.3) is 5.69 Å². The van der Waals surface area contributed by atoms with Gasteiger partial charge in [-0.25, -0.2) is 9.97 Å². The molecule has 2 heterocycles. The summed E-state index contributed by atoms with van der Waals surface area (Å²) < 4.78 is 0.737. The quantitative estimate of drug-likeness (QED) is 0.415. The Balaban J connectivity index is 1.97. The van der Waals surface area contributed by atoms with Gasteiger partial charge >= 0.3 is 0 Å². The van der Waals surface area contributed by atoms with Crippen molar-refractivity contribution in [2.75, 3.05) is 0 Å². The Hall–Kier alpha value is -2.32. The lowest BCUT2D eigenvalue weighted by Crippen LogP contribution is -1.91. The van der Waals surface area contributed by atoms with Crippen LogP contribution in [0.2, 0.25) is 0 Å². The number of hydrogen-bond donors (Lipinski definition) is 0. The lowest BCUT2D eigenvalue weighted by atomic mass is 10.2. The first-order valence-electron chi connectivity index (χ1n) is 5.80. The second-order valence-electron chi connectivity index (χ2n) is 4.01. The van der Waals surface area contributed by atoms with Crippen LogP contribution in [0.1, 0.15) is 10.4 Å². The maximum atomic E-state index is 11.1. The van der Waals surface area contributed by atoms with E-state index in [1.165, 1.54) is 35.2 Å². The summed E-state index contributed by atoms with van der Waals surface area (Å²) in [6.45, 7) is 0. The van der Waals surface area contributed by atoms with Gasteiger partial charge < -0.3 is 0 Å². The summed E-state index contributed by atoms with van der Waals surface area (Å²) in [5.74, 6) is 0. The van der Waals surface area contributed by atoms with E-state index in [1.807, 2.05) is 6.07 Å². The van der Waals surface area contributed by atoms with Crippen LogP contribution in [0.3, 0.4) is 0 Å². The molecular formula is C13H7N3O3S2. The first-order valence-corrected chi connectivity index (χ1v) is 7.44. The van der Waals surface area contributed by atoms with E-state index in [9.17, 15) is 14.9 Å². The summed E-state index contributed by atoms with van der Waals surface area (Å²) in [6, 6.07) is 7.87. The molecule has 0 aliphatic rings. The third-order valence-electron chi connectivity index (χ3n) is 2.68. The Morgan fingerprint density at radius 1 is 1.33 bits per heavy atom. The zero-order chi connectivity index (χ0) is 14.8. The van der Waals surface area contributed by atoms with E-state index in [2.05, 4.69) is 9.97 Å². The second-order valence-corrected chi connectivity index (χ2v) is 6.27. The molecule has 1 aromatic carbocycles. The Labute approximate surface area is 127 Å². The van der Waals surface area contributed by atoms with Crippen molar-refractivity contribution < 1.29 is 9.72 Å². The summed E-state index contributed by atoms with van der Waals surface area (Å²) >= 11 is 2.71. The summed E-state index contributed by atoms with van der Waals surface area (Å²) in [5.41, 5.74) is 0.966. The minimum Gasteiger partial charge on any atom is -0.298 e. The van der Waals surface area contributed by atoms with Gasteiger partial charge in [0.2, 0.25) is 0 Å². The van der Waals surface area contributed by atoms with E-state index < -0.39 is 4.92 Å². The van der Waals surface area contributed by atoms with Crippen LogP contribution in [-0.2, 0) is 0 Å². The van der Waals surface area contributed by atoms with Crippen molar-refractivity contribution in [3.8, 4) is 0 Å². The van der Waals surface area contributed by atoms with Gasteiger partial charge in [-0.05, 0) is 18.2 Å². The summed E-state index contributed by atoms with van der Waals surface area (Å²) in [4.78, 5) is 31.4. The largest absolute Gasteiger partial charge is 0.298 e. The smallest absolute Gasteiger partial charge is 0.270 e. The molecule has 0 bridgehead atoms. The molecule has 0 spiro atoms. The van der Waals surface area contributed by atoms with Crippen LogP contribution in [0.5, 0.6) is 0 Å². The molecule has 6 nitrogen and oxygen atoms in total. The highest BCUT2D eigenvalue weighted by atomic mass is 32.2. The van der Waals surface area contributed by atoms with Crippen molar-refractivity contribution in [2.24, 2.45) is 0 Å². The number of aldehydes is 1. The fourth-order valence-corrected chi connectivity index (χ4v) is 3.73. The standard InChI is InChI=1S/C13H7N3O3S2/c17-7-8-6-9(16(18)19)3-4-11(8)20-13-15-10-2-1-5-14-12(10)21-13/h1-7H. The predicted octanol–water partition coefficient (Wildman–Crippen LogP) is 3.56. The third kappa shape index (κ3) is 2.76. The van der Waals surface area contributed by atoms with Crippen molar-refractivity contribution in [2.45, 2.75) is 9.24 Å². The molecule has 0 aliphatic carbocycles. The first kappa shape index (κ1) is 13.7. The van der Waals surface area contributed by atoms with Crippen molar-refractivity contribution in [3.05, 3.63) is 52.2 Å². The Morgan fingerprint density at radius 2 is 2.19 bits per heavy atom. The number of non-ortho nitro benzene ring substituents is 1. The maximum Gasteiger partial charge on any atom is 0.270 e. The summed E-state index contributed by atoms with van der Waals surface area (Å²) in [5, 5.41) is 10.7. The molecule has 3 rings (SSSR count). The monoisotopic (exact) mass is 317 g/mol. The lowest BCUT2D eigenvalue weighted by Gasteiger charge is -2.01. The van der Waals surface area contributed by atoms with Crippen molar-refractivity contribution in [3.63, 3.8) is 0 Å². The molecule has 0 amide bonds. The van der Waals surface area contributed by atoms with Crippen molar-refractivity contribution in [1.82, 2.24) is 9.97 Å². The molecule has 0 aliphatic heterocycles. The van der Waals surface area contributed by atoms with E-state index >= 15 is 0 Å². The zero-order valence-electron chi connectivity index (χ0n) is 10.4. The molecule has 8 heteroatoms. The predicted molar refractivity (Wildman–Crippen MR) is 80.0 cm³/mol. The van der Waals surface area contributed by atoms with Crippen LogP contribution in [0, 0.1) is 10.1 Å². The summed E-state index contributed by atoms with van der Waals surface area (Å²) in [7, 11) is 0. The molecule has 0 fully saturated rings. The van der Waals surface area contributed by atoms with Crippen LogP contribution >= 0.6 is 23.1 Å². The number of hydrogen-bond acceptors (Lipinski definition) is 7. The van der Waals surface area contributed by atoms with E-state index in [0.29, 0.717) is 11.2 Å². The third-order valence-corrected chi connectivity index (χ3v) is 4.81. The number of aromatic nitrogens is 2. The maximum absolute atomic E-state index is 11.1. The average Bonchev–Trinajstić information content (AvgIpc) is 2.89. The number of benzene rings is 1. The van der Waals surface area contributed by atoms with Crippen molar-refractivity contribution >= 4 is 45.4 Å². The molecule has 104 valence electrons. The minimum absolute atomic E-state index is 0.104. The number of nitro groups is 1. The number of carbonyl (C=O) groups is 1. The van der Waals surface area contributed by atoms with E-state index in [1.54, 1.807) is 18.3 Å². The normalized spacial score (nSPS) is 10.7. The minimum atomic E-state index is -0.525. The SMILES string of the molecule is O=Cc1cc([N+](=O)[O-])ccc1Sc1nc2cccnc2s1. The molecule has 0 unspecified atom stereocenters. The number of carbonyl (C=O) groups excluding carboxylic acids is 1. The van der Waals surface area contributed by atoms with Gasteiger partial charge in [0, 0.05) is 28.8 Å². The van der Waals surface area contributed by atoms with Gasteiger partial charge in [0.1, 0.15) is 10.3 Å². The zero-order valence-corrected chi connectivity index (χ0v) is 12.1. The Kier molecular flexibility index (Phi) is 3.63. The van der Waals surface area contributed by atoms with Gasteiger partial charge in [0.15, 0.2) is 10.6 Å². The highest BCUT2D eigenvalue weighted by molar-refractivity contribution is 8.01. The molecule has 0 saturated carbocycles. The van der Waals surface area contributed by atoms with Crippen LogP contribution in [0.15, 0.2) is 45.8 Å². The molecule has 0 atom stereocenters. The summed E-state index contributed by atoms with van der Waals surface area (Å²) in [6.07, 6.45) is 2.30. The highest BCUT2D eigenvalue weighted by Crippen LogP contribution is 2.35. The van der Waals surface area contributed by atoms with E-state index in [-0.39, 0.29) is 11.3 Å². The van der Waals surface area contributed by atoms with Crippen molar-refractivity contribution in [1.29, 1.82) is 0 Å². The van der Waals surface area contributed by atoms with E-state index in [4.69, 9.17) is 0 Å². The van der Waals surface area contributed by atoms with Crippen LogP contribution in [0.25, 0.3) is 10.3 Å². The lowest BCUT2D eigenvalue weighted by molar-refractivity contribution is -0.384. The number of fused-ring (bicyclic) bond motifs is 1. The van der Waals surface area contributed by atoms with Crippen LogP contribution in [0.4, 0.5) is 5.69 Å². The van der Waals surface area contributed by atoms with Crippen LogP contribution in [-0.4, -0.2) is 21.2 Å². The highest BCUT2D eigenvalue weighted by Gasteiger charge is 2.13. The molecule has 0 radical (unpaired) electrons. The fraction of sp³-hybridized carbons (Fsp3) is 0.